The van der Waals surface area contributed by atoms with Crippen molar-refractivity contribution in [3.05, 3.63) is 59.8 Å². The van der Waals surface area contributed by atoms with Crippen molar-refractivity contribution in [3.63, 3.8) is 0 Å². The number of ether oxygens (including phenoxy) is 2. The Balaban J connectivity index is 1.28. The summed E-state index contributed by atoms with van der Waals surface area (Å²) in [5.74, 6) is 1.58. The highest BCUT2D eigenvalue weighted by molar-refractivity contribution is 5.66. The molecule has 146 valence electrons. The zero-order valence-electron chi connectivity index (χ0n) is 16.4. The molecule has 6 heteroatoms. The predicted molar refractivity (Wildman–Crippen MR) is 111 cm³/mol. The molecule has 0 spiro atoms. The molecule has 0 unspecified atom stereocenters. The largest absolute Gasteiger partial charge is 0.454 e. The van der Waals surface area contributed by atoms with Crippen molar-refractivity contribution < 1.29 is 9.47 Å². The Kier molecular flexibility index (Phi) is 5.48. The van der Waals surface area contributed by atoms with Gasteiger partial charge in [0.05, 0.1) is 11.9 Å². The van der Waals surface area contributed by atoms with Crippen LogP contribution in [0.1, 0.15) is 17.5 Å². The number of hydrogen-bond donors (Lipinski definition) is 2. The van der Waals surface area contributed by atoms with Crippen molar-refractivity contribution in [2.75, 3.05) is 32.3 Å². The molecule has 2 heterocycles. The van der Waals surface area contributed by atoms with Gasteiger partial charge in [0.2, 0.25) is 6.79 Å². The minimum atomic E-state index is 0.286. The summed E-state index contributed by atoms with van der Waals surface area (Å²) in [4.78, 5) is 2.12. The van der Waals surface area contributed by atoms with Gasteiger partial charge in [0, 0.05) is 37.5 Å². The molecule has 0 bridgehead atoms. The molecule has 0 amide bonds. The molecule has 4 rings (SSSR count). The average molecular weight is 378 g/mol. The lowest BCUT2D eigenvalue weighted by Crippen LogP contribution is -2.15. The first-order valence-electron chi connectivity index (χ1n) is 9.60. The molecule has 0 saturated heterocycles. The summed E-state index contributed by atoms with van der Waals surface area (Å²) in [6.45, 7) is 2.02. The molecule has 0 radical (unpaired) electrons. The van der Waals surface area contributed by atoms with Crippen LogP contribution in [0.15, 0.2) is 48.7 Å². The third-order valence-electron chi connectivity index (χ3n) is 4.97. The number of anilines is 1. The highest BCUT2D eigenvalue weighted by Crippen LogP contribution is 2.36. The Labute approximate surface area is 165 Å². The second kappa shape index (κ2) is 8.35. The van der Waals surface area contributed by atoms with Crippen LogP contribution in [-0.2, 0) is 13.0 Å². The maximum Gasteiger partial charge on any atom is 0.231 e. The molecule has 28 heavy (non-hydrogen) atoms. The van der Waals surface area contributed by atoms with Crippen LogP contribution >= 0.6 is 0 Å². The van der Waals surface area contributed by atoms with E-state index in [1.165, 1.54) is 11.3 Å². The number of nitrogens with zero attached hydrogens (tertiary/aromatic N) is 2. The summed E-state index contributed by atoms with van der Waals surface area (Å²) >= 11 is 0. The summed E-state index contributed by atoms with van der Waals surface area (Å²) in [6, 6.07) is 14.7. The third-order valence-corrected chi connectivity index (χ3v) is 4.97. The molecular formula is C22H26N4O2. The lowest BCUT2D eigenvalue weighted by atomic mass is 10.1. The first-order valence-corrected chi connectivity index (χ1v) is 9.60. The summed E-state index contributed by atoms with van der Waals surface area (Å²) in [6.07, 6.45) is 4.05. The van der Waals surface area contributed by atoms with Gasteiger partial charge >= 0.3 is 0 Å². The monoisotopic (exact) mass is 378 g/mol. The van der Waals surface area contributed by atoms with E-state index in [9.17, 15) is 0 Å². The van der Waals surface area contributed by atoms with Crippen molar-refractivity contribution in [2.24, 2.45) is 0 Å². The highest BCUT2D eigenvalue weighted by Gasteiger charge is 2.16. The van der Waals surface area contributed by atoms with Crippen LogP contribution in [0.3, 0.4) is 0 Å². The summed E-state index contributed by atoms with van der Waals surface area (Å²) < 4.78 is 10.9. The Hall–Kier alpha value is -2.99. The number of aryl methyl sites for hydroxylation is 1. The van der Waals surface area contributed by atoms with E-state index in [-0.39, 0.29) is 6.79 Å². The van der Waals surface area contributed by atoms with E-state index in [0.717, 1.165) is 54.3 Å². The minimum absolute atomic E-state index is 0.286. The van der Waals surface area contributed by atoms with Crippen LogP contribution in [-0.4, -0.2) is 37.6 Å². The lowest BCUT2D eigenvalue weighted by Gasteiger charge is -2.12. The van der Waals surface area contributed by atoms with Gasteiger partial charge < -0.3 is 19.7 Å². The Morgan fingerprint density at radius 1 is 1.07 bits per heavy atom. The van der Waals surface area contributed by atoms with Crippen LogP contribution in [0, 0.1) is 0 Å². The molecule has 0 saturated carbocycles. The van der Waals surface area contributed by atoms with E-state index in [1.54, 1.807) is 0 Å². The highest BCUT2D eigenvalue weighted by atomic mass is 16.7. The first kappa shape index (κ1) is 18.4. The van der Waals surface area contributed by atoms with E-state index in [2.05, 4.69) is 58.8 Å². The second-order valence-corrected chi connectivity index (χ2v) is 7.18. The Morgan fingerprint density at radius 3 is 2.71 bits per heavy atom. The molecule has 1 aliphatic heterocycles. The van der Waals surface area contributed by atoms with E-state index >= 15 is 0 Å². The van der Waals surface area contributed by atoms with Gasteiger partial charge in [-0.1, -0.05) is 12.1 Å². The van der Waals surface area contributed by atoms with Crippen LogP contribution in [0.5, 0.6) is 11.5 Å². The van der Waals surface area contributed by atoms with E-state index < -0.39 is 0 Å². The molecule has 1 aromatic heterocycles. The smallest absolute Gasteiger partial charge is 0.231 e. The predicted octanol–water partition coefficient (Wildman–Crippen LogP) is 3.59. The minimum Gasteiger partial charge on any atom is -0.454 e. The number of fused-ring (bicyclic) bond motifs is 1. The van der Waals surface area contributed by atoms with Crippen LogP contribution in [0.2, 0.25) is 0 Å². The van der Waals surface area contributed by atoms with E-state index in [4.69, 9.17) is 9.47 Å². The van der Waals surface area contributed by atoms with Crippen molar-refractivity contribution in [1.82, 2.24) is 15.5 Å². The van der Waals surface area contributed by atoms with Gasteiger partial charge in [-0.3, -0.25) is 5.10 Å². The Morgan fingerprint density at radius 2 is 1.89 bits per heavy atom. The average Bonchev–Trinajstić information content (AvgIpc) is 3.36. The van der Waals surface area contributed by atoms with Crippen LogP contribution in [0.4, 0.5) is 5.69 Å². The lowest BCUT2D eigenvalue weighted by molar-refractivity contribution is 0.174. The van der Waals surface area contributed by atoms with E-state index in [0.29, 0.717) is 0 Å². The van der Waals surface area contributed by atoms with Crippen molar-refractivity contribution >= 4 is 5.69 Å². The molecule has 0 fully saturated rings. The van der Waals surface area contributed by atoms with E-state index in [1.807, 2.05) is 24.4 Å². The number of nitrogens with one attached hydrogen (secondary N) is 2. The standard InChI is InChI=1S/C22H26N4O2/c1-26(2)19-8-5-16(6-9-19)4-3-11-23-13-18-14-24-25-22(18)17-7-10-20-21(12-17)28-15-27-20/h5-10,12,14,23H,3-4,11,13,15H2,1-2H3,(H,24,25). The summed E-state index contributed by atoms with van der Waals surface area (Å²) in [5.41, 5.74) is 5.83. The topological polar surface area (TPSA) is 62.4 Å². The fourth-order valence-corrected chi connectivity index (χ4v) is 3.35. The van der Waals surface area contributed by atoms with Crippen LogP contribution < -0.4 is 19.7 Å². The van der Waals surface area contributed by atoms with Gasteiger partial charge in [-0.15, -0.1) is 0 Å². The number of aromatic amines is 1. The molecule has 3 aromatic rings. The fourth-order valence-electron chi connectivity index (χ4n) is 3.35. The van der Waals surface area contributed by atoms with Gasteiger partial charge in [0.25, 0.3) is 0 Å². The fraction of sp³-hybridized carbons (Fsp3) is 0.318. The summed E-state index contributed by atoms with van der Waals surface area (Å²) in [7, 11) is 4.12. The maximum atomic E-state index is 5.48. The molecule has 1 aliphatic rings. The molecule has 6 nitrogen and oxygen atoms in total. The van der Waals surface area contributed by atoms with Gasteiger partial charge in [0.1, 0.15) is 0 Å². The molecular weight excluding hydrogens is 352 g/mol. The van der Waals surface area contributed by atoms with Gasteiger partial charge in [-0.2, -0.15) is 5.10 Å². The number of H-pyrrole nitrogens is 1. The van der Waals surface area contributed by atoms with Crippen molar-refractivity contribution in [2.45, 2.75) is 19.4 Å². The third kappa shape index (κ3) is 4.12. The Bertz CT molecular complexity index is 919. The second-order valence-electron chi connectivity index (χ2n) is 7.18. The normalized spacial score (nSPS) is 12.4. The molecule has 0 aliphatic carbocycles. The maximum absolute atomic E-state index is 5.48. The SMILES string of the molecule is CN(C)c1ccc(CCCNCc2cn[nH]c2-c2ccc3c(c2)OCO3)cc1. The first-order chi connectivity index (χ1) is 13.7. The number of benzene rings is 2. The van der Waals surface area contributed by atoms with Crippen LogP contribution in [0.25, 0.3) is 11.3 Å². The number of aromatic nitrogens is 2. The molecule has 2 N–H and O–H groups in total. The van der Waals surface area contributed by atoms with Crippen molar-refractivity contribution in [1.29, 1.82) is 0 Å². The quantitative estimate of drug-likeness (QED) is 0.587. The molecule has 2 aromatic carbocycles. The zero-order valence-corrected chi connectivity index (χ0v) is 16.4. The van der Waals surface area contributed by atoms with Crippen molar-refractivity contribution in [3.8, 4) is 22.8 Å². The summed E-state index contributed by atoms with van der Waals surface area (Å²) in [5, 5.41) is 10.8. The van der Waals surface area contributed by atoms with Gasteiger partial charge in [-0.25, -0.2) is 0 Å². The zero-order chi connectivity index (χ0) is 19.3. The number of rotatable bonds is 8. The van der Waals surface area contributed by atoms with Gasteiger partial charge in [0.15, 0.2) is 11.5 Å². The van der Waals surface area contributed by atoms with Gasteiger partial charge in [-0.05, 0) is 55.3 Å². The molecule has 0 atom stereocenters. The number of hydrogen-bond acceptors (Lipinski definition) is 5.